The topological polar surface area (TPSA) is 58.6 Å². The number of carbonyl (C=O) groups excluding carboxylic acids is 2. The number of anilines is 1. The van der Waals surface area contributed by atoms with Gasteiger partial charge in [0, 0.05) is 16.8 Å². The molecule has 2 amide bonds. The fraction of sp³-hybridized carbons (Fsp3) is 0.130. The molecule has 1 atom stereocenters. The van der Waals surface area contributed by atoms with E-state index in [-0.39, 0.29) is 6.54 Å². The molecule has 0 bridgehead atoms. The van der Waals surface area contributed by atoms with Crippen LogP contribution in [0.1, 0.15) is 27.5 Å². The highest BCUT2D eigenvalue weighted by Crippen LogP contribution is 2.37. The molecule has 0 aliphatic carbocycles. The van der Waals surface area contributed by atoms with E-state index in [9.17, 15) is 18.4 Å². The summed E-state index contributed by atoms with van der Waals surface area (Å²) in [7, 11) is 1.52. The van der Waals surface area contributed by atoms with Crippen LogP contribution < -0.4 is 10.1 Å². The van der Waals surface area contributed by atoms with Crippen LogP contribution >= 0.6 is 0 Å². The van der Waals surface area contributed by atoms with E-state index in [1.54, 1.807) is 24.3 Å². The van der Waals surface area contributed by atoms with Crippen molar-refractivity contribution in [3.63, 3.8) is 0 Å². The number of nitrogens with one attached hydrogen (secondary N) is 1. The molecule has 1 aliphatic heterocycles. The molecule has 1 aliphatic rings. The van der Waals surface area contributed by atoms with Crippen LogP contribution in [0.15, 0.2) is 66.7 Å². The van der Waals surface area contributed by atoms with Crippen molar-refractivity contribution in [1.29, 1.82) is 0 Å². The van der Waals surface area contributed by atoms with Crippen LogP contribution in [0.2, 0.25) is 0 Å². The Morgan fingerprint density at radius 2 is 1.67 bits per heavy atom. The monoisotopic (exact) mass is 408 g/mol. The van der Waals surface area contributed by atoms with Gasteiger partial charge in [-0.15, -0.1) is 0 Å². The second-order valence-corrected chi connectivity index (χ2v) is 6.90. The first-order valence-electron chi connectivity index (χ1n) is 9.26. The van der Waals surface area contributed by atoms with Crippen LogP contribution in [0.3, 0.4) is 0 Å². The second-order valence-electron chi connectivity index (χ2n) is 6.90. The van der Waals surface area contributed by atoms with Crippen molar-refractivity contribution in [2.24, 2.45) is 0 Å². The third-order valence-corrected chi connectivity index (χ3v) is 4.99. The number of benzene rings is 3. The minimum Gasteiger partial charge on any atom is -0.497 e. The van der Waals surface area contributed by atoms with Crippen molar-refractivity contribution in [2.45, 2.75) is 6.04 Å². The Labute approximate surface area is 171 Å². The lowest BCUT2D eigenvalue weighted by Gasteiger charge is -2.30. The van der Waals surface area contributed by atoms with Crippen LogP contribution in [-0.2, 0) is 4.79 Å². The minimum absolute atomic E-state index is 0.247. The van der Waals surface area contributed by atoms with E-state index < -0.39 is 29.5 Å². The van der Waals surface area contributed by atoms with Crippen LogP contribution in [0.4, 0.5) is 14.5 Å². The molecule has 1 N–H and O–H groups in total. The summed E-state index contributed by atoms with van der Waals surface area (Å²) < 4.78 is 32.8. The summed E-state index contributed by atoms with van der Waals surface area (Å²) >= 11 is 0. The number of hydrogen-bond donors (Lipinski definition) is 1. The molecule has 3 aromatic carbocycles. The predicted molar refractivity (Wildman–Crippen MR) is 107 cm³/mol. The maximum absolute atomic E-state index is 14.1. The summed E-state index contributed by atoms with van der Waals surface area (Å²) in [6.07, 6.45) is 0. The zero-order valence-electron chi connectivity index (χ0n) is 16.1. The SMILES string of the molecule is COc1ccc(C(=O)N2CC(=O)Nc3ccc(F)cc3[C@H]2c2ccc(F)cc2)cc1. The van der Waals surface area contributed by atoms with E-state index in [2.05, 4.69) is 5.32 Å². The van der Waals surface area contributed by atoms with Crippen molar-refractivity contribution in [3.05, 3.63) is 95.1 Å². The van der Waals surface area contributed by atoms with Gasteiger partial charge in [-0.2, -0.15) is 0 Å². The number of carbonyl (C=O) groups is 2. The lowest BCUT2D eigenvalue weighted by Crippen LogP contribution is -2.39. The van der Waals surface area contributed by atoms with Gasteiger partial charge in [-0.3, -0.25) is 9.59 Å². The molecule has 0 radical (unpaired) electrons. The molecule has 0 aromatic heterocycles. The van der Waals surface area contributed by atoms with Gasteiger partial charge in [0.25, 0.3) is 5.91 Å². The summed E-state index contributed by atoms with van der Waals surface area (Å²) in [6.45, 7) is -0.247. The lowest BCUT2D eigenvalue weighted by atomic mass is 9.95. The summed E-state index contributed by atoms with van der Waals surface area (Å²) in [5, 5.41) is 2.72. The van der Waals surface area contributed by atoms with Gasteiger partial charge in [0.1, 0.15) is 23.9 Å². The van der Waals surface area contributed by atoms with Crippen molar-refractivity contribution in [2.75, 3.05) is 19.0 Å². The molecule has 0 spiro atoms. The normalized spacial score (nSPS) is 15.8. The van der Waals surface area contributed by atoms with Gasteiger partial charge in [-0.25, -0.2) is 8.78 Å². The van der Waals surface area contributed by atoms with Gasteiger partial charge >= 0.3 is 0 Å². The van der Waals surface area contributed by atoms with Gasteiger partial charge in [0.2, 0.25) is 5.91 Å². The molecule has 152 valence electrons. The average Bonchev–Trinajstić information content (AvgIpc) is 2.89. The molecule has 0 saturated heterocycles. The van der Waals surface area contributed by atoms with Crippen molar-refractivity contribution >= 4 is 17.5 Å². The predicted octanol–water partition coefficient (Wildman–Crippen LogP) is 4.16. The Morgan fingerprint density at radius 3 is 2.33 bits per heavy atom. The van der Waals surface area contributed by atoms with Gasteiger partial charge in [-0.05, 0) is 60.2 Å². The highest BCUT2D eigenvalue weighted by atomic mass is 19.1. The number of fused-ring (bicyclic) bond motifs is 1. The Bertz CT molecular complexity index is 1100. The lowest BCUT2D eigenvalue weighted by molar-refractivity contribution is -0.117. The highest BCUT2D eigenvalue weighted by molar-refractivity contribution is 6.01. The molecule has 30 heavy (non-hydrogen) atoms. The average molecular weight is 408 g/mol. The van der Waals surface area contributed by atoms with E-state index in [1.807, 2.05) is 0 Å². The summed E-state index contributed by atoms with van der Waals surface area (Å²) in [4.78, 5) is 27.3. The van der Waals surface area contributed by atoms with Crippen LogP contribution in [-0.4, -0.2) is 30.4 Å². The third-order valence-electron chi connectivity index (χ3n) is 4.99. The molecule has 7 heteroatoms. The summed E-state index contributed by atoms with van der Waals surface area (Å²) in [5.74, 6) is -1.18. The largest absolute Gasteiger partial charge is 0.497 e. The van der Waals surface area contributed by atoms with Gasteiger partial charge in [0.05, 0.1) is 13.2 Å². The van der Waals surface area contributed by atoms with Crippen LogP contribution in [0.25, 0.3) is 0 Å². The van der Waals surface area contributed by atoms with E-state index in [0.717, 1.165) is 0 Å². The van der Waals surface area contributed by atoms with E-state index in [1.165, 1.54) is 54.5 Å². The maximum Gasteiger partial charge on any atom is 0.255 e. The molecule has 1 heterocycles. The summed E-state index contributed by atoms with van der Waals surface area (Å²) in [6, 6.07) is 15.3. The Kier molecular flexibility index (Phi) is 5.18. The molecular weight excluding hydrogens is 390 g/mol. The van der Waals surface area contributed by atoms with E-state index in [0.29, 0.717) is 28.1 Å². The molecule has 0 fully saturated rings. The number of nitrogens with zero attached hydrogens (tertiary/aromatic N) is 1. The van der Waals surface area contributed by atoms with E-state index in [4.69, 9.17) is 4.74 Å². The van der Waals surface area contributed by atoms with Crippen molar-refractivity contribution in [3.8, 4) is 5.75 Å². The zero-order valence-corrected chi connectivity index (χ0v) is 16.1. The summed E-state index contributed by atoms with van der Waals surface area (Å²) in [5.41, 5.74) is 1.72. The standard InChI is InChI=1S/C23H18F2N2O3/c1-30-18-9-4-15(5-10-18)23(29)27-13-21(28)26-20-11-8-17(25)12-19(20)22(27)14-2-6-16(24)7-3-14/h2-12,22H,13H2,1H3,(H,26,28)/t22-/m1/s1. The van der Waals surface area contributed by atoms with Crippen molar-refractivity contribution < 1.29 is 23.1 Å². The smallest absolute Gasteiger partial charge is 0.255 e. The quantitative estimate of drug-likeness (QED) is 0.708. The molecule has 0 unspecified atom stereocenters. The first-order chi connectivity index (χ1) is 14.5. The van der Waals surface area contributed by atoms with Gasteiger partial charge in [0.15, 0.2) is 0 Å². The number of rotatable bonds is 3. The highest BCUT2D eigenvalue weighted by Gasteiger charge is 2.34. The maximum atomic E-state index is 14.1. The fourth-order valence-electron chi connectivity index (χ4n) is 3.57. The Balaban J connectivity index is 1.85. The molecule has 0 saturated carbocycles. The molecule has 4 rings (SSSR count). The third kappa shape index (κ3) is 3.74. The molecule has 5 nitrogen and oxygen atoms in total. The van der Waals surface area contributed by atoms with E-state index >= 15 is 0 Å². The number of amides is 2. The van der Waals surface area contributed by atoms with Gasteiger partial charge < -0.3 is 15.0 Å². The Morgan fingerprint density at radius 1 is 1.00 bits per heavy atom. The van der Waals surface area contributed by atoms with Crippen LogP contribution in [0, 0.1) is 11.6 Å². The first-order valence-corrected chi connectivity index (χ1v) is 9.26. The number of methoxy groups -OCH3 is 1. The second kappa shape index (κ2) is 7.94. The Hall–Kier alpha value is -3.74. The minimum atomic E-state index is -0.787. The molecular formula is C23H18F2N2O3. The number of hydrogen-bond acceptors (Lipinski definition) is 3. The fourth-order valence-corrected chi connectivity index (χ4v) is 3.57. The number of ether oxygens (including phenoxy) is 1. The van der Waals surface area contributed by atoms with Gasteiger partial charge in [-0.1, -0.05) is 12.1 Å². The van der Waals surface area contributed by atoms with Crippen LogP contribution in [0.5, 0.6) is 5.75 Å². The van der Waals surface area contributed by atoms with Crippen molar-refractivity contribution in [1.82, 2.24) is 4.90 Å². The molecule has 3 aromatic rings. The zero-order chi connectivity index (χ0) is 21.3. The number of halogens is 2. The first kappa shape index (κ1) is 19.6.